The van der Waals surface area contributed by atoms with Gasteiger partial charge in [0, 0.05) is 22.3 Å². The molecule has 2 unspecified atom stereocenters. The van der Waals surface area contributed by atoms with Crippen LogP contribution in [0.15, 0.2) is 164 Å². The summed E-state index contributed by atoms with van der Waals surface area (Å²) in [6.45, 7) is 0. The van der Waals surface area contributed by atoms with Crippen LogP contribution in [0.2, 0.25) is 0 Å². The first-order valence-electron chi connectivity index (χ1n) is 16.7. The molecule has 1 aromatic heterocycles. The summed E-state index contributed by atoms with van der Waals surface area (Å²) in [6, 6.07) is 50.9. The highest BCUT2D eigenvalue weighted by molar-refractivity contribution is 6.08. The average Bonchev–Trinajstić information content (AvgIpc) is 3.56. The van der Waals surface area contributed by atoms with E-state index < -0.39 is 0 Å². The van der Waals surface area contributed by atoms with E-state index in [2.05, 4.69) is 140 Å². The highest BCUT2D eigenvalue weighted by Gasteiger charge is 2.37. The summed E-state index contributed by atoms with van der Waals surface area (Å²) in [4.78, 5) is 15.3. The average molecular weight is 628 g/mol. The van der Waals surface area contributed by atoms with Gasteiger partial charge in [0.25, 0.3) is 0 Å². The molecular weight excluding hydrogens is 599 g/mol. The number of para-hydroxylation sites is 1. The zero-order valence-electron chi connectivity index (χ0n) is 26.5. The predicted octanol–water partition coefficient (Wildman–Crippen LogP) is 10.8. The minimum atomic E-state index is -0.0182. The largest absolute Gasteiger partial charge is 0.485 e. The number of aromatic nitrogens is 3. The van der Waals surface area contributed by atoms with E-state index in [1.54, 1.807) is 0 Å². The first-order chi connectivity index (χ1) is 24.3. The molecule has 1 aliphatic heterocycles. The van der Waals surface area contributed by atoms with Crippen LogP contribution in [0.25, 0.3) is 72.1 Å². The predicted molar refractivity (Wildman–Crippen MR) is 199 cm³/mol. The van der Waals surface area contributed by atoms with Crippen molar-refractivity contribution in [1.82, 2.24) is 15.0 Å². The Kier molecular flexibility index (Phi) is 6.28. The van der Waals surface area contributed by atoms with Crippen molar-refractivity contribution in [3.8, 4) is 39.9 Å². The second-order valence-corrected chi connectivity index (χ2v) is 12.7. The molecule has 0 spiro atoms. The van der Waals surface area contributed by atoms with Gasteiger partial charge in [-0.1, -0.05) is 146 Å². The Bertz CT molecular complexity index is 2660. The molecule has 49 heavy (non-hydrogen) atoms. The number of hydrogen-bond donors (Lipinski definition) is 0. The van der Waals surface area contributed by atoms with Crippen LogP contribution in [0.1, 0.15) is 17.0 Å². The lowest BCUT2D eigenvalue weighted by Gasteiger charge is -2.24. The topological polar surface area (TPSA) is 47.9 Å². The standard InChI is InChI=1S/C45H29N3O/c1-2-12-29(13-3-1)43-46-44(31-25-26-33-30(27-31)24-23-28-11-4-5-14-32(28)33)48-45(47-43)38-20-9-16-34-35(17-8-18-36(34)38)37-19-10-22-41-42(37)39-15-6-7-21-40(39)49-41/h1-27,41-42H. The van der Waals surface area contributed by atoms with Crippen molar-refractivity contribution in [2.45, 2.75) is 12.0 Å². The Balaban J connectivity index is 1.14. The summed E-state index contributed by atoms with van der Waals surface area (Å²) in [7, 11) is 0. The minimum Gasteiger partial charge on any atom is -0.485 e. The van der Waals surface area contributed by atoms with Crippen molar-refractivity contribution >= 4 is 37.9 Å². The van der Waals surface area contributed by atoms with Gasteiger partial charge in [-0.3, -0.25) is 0 Å². The number of rotatable bonds is 4. The summed E-state index contributed by atoms with van der Waals surface area (Å²) in [5.41, 5.74) is 6.55. The number of ether oxygens (including phenoxy) is 1. The van der Waals surface area contributed by atoms with Crippen molar-refractivity contribution in [1.29, 1.82) is 0 Å². The molecule has 2 atom stereocenters. The third kappa shape index (κ3) is 4.56. The van der Waals surface area contributed by atoms with Crippen LogP contribution in [-0.4, -0.2) is 21.1 Å². The summed E-state index contributed by atoms with van der Waals surface area (Å²) < 4.78 is 6.37. The molecule has 2 heterocycles. The normalized spacial score (nSPS) is 16.4. The van der Waals surface area contributed by atoms with Gasteiger partial charge in [-0.15, -0.1) is 0 Å². The summed E-state index contributed by atoms with van der Waals surface area (Å²) in [6.07, 6.45) is 6.51. The molecule has 7 aromatic carbocycles. The molecule has 0 bridgehead atoms. The molecule has 0 radical (unpaired) electrons. The Morgan fingerprint density at radius 1 is 0.469 bits per heavy atom. The molecule has 4 heteroatoms. The number of fused-ring (bicyclic) bond motifs is 7. The quantitative estimate of drug-likeness (QED) is 0.182. The number of benzene rings is 7. The fourth-order valence-electron chi connectivity index (χ4n) is 7.61. The monoisotopic (exact) mass is 627 g/mol. The summed E-state index contributed by atoms with van der Waals surface area (Å²) >= 11 is 0. The molecule has 0 saturated carbocycles. The Hall–Kier alpha value is -6.39. The van der Waals surface area contributed by atoms with E-state index in [1.165, 1.54) is 32.9 Å². The molecule has 1 aliphatic carbocycles. The van der Waals surface area contributed by atoms with Gasteiger partial charge in [0.2, 0.25) is 0 Å². The van der Waals surface area contributed by atoms with E-state index in [9.17, 15) is 0 Å². The van der Waals surface area contributed by atoms with Crippen LogP contribution in [0.3, 0.4) is 0 Å². The van der Waals surface area contributed by atoms with Crippen molar-refractivity contribution in [3.63, 3.8) is 0 Å². The van der Waals surface area contributed by atoms with Gasteiger partial charge in [-0.25, -0.2) is 15.0 Å². The highest BCUT2D eigenvalue weighted by atomic mass is 16.5. The van der Waals surface area contributed by atoms with E-state index in [-0.39, 0.29) is 12.0 Å². The Morgan fingerprint density at radius 2 is 1.14 bits per heavy atom. The minimum absolute atomic E-state index is 0.0182. The zero-order valence-corrected chi connectivity index (χ0v) is 26.5. The summed E-state index contributed by atoms with van der Waals surface area (Å²) in [5, 5.41) is 7.09. The zero-order chi connectivity index (χ0) is 32.3. The molecule has 0 fully saturated rings. The van der Waals surface area contributed by atoms with Crippen LogP contribution >= 0.6 is 0 Å². The lowest BCUT2D eigenvalue weighted by Crippen LogP contribution is -2.19. The fraction of sp³-hybridized carbons (Fsp3) is 0.0444. The van der Waals surface area contributed by atoms with E-state index in [1.807, 2.05) is 24.3 Å². The highest BCUT2D eigenvalue weighted by Crippen LogP contribution is 2.49. The Labute approximate surface area is 283 Å². The van der Waals surface area contributed by atoms with Crippen molar-refractivity contribution in [2.24, 2.45) is 0 Å². The smallest absolute Gasteiger partial charge is 0.164 e. The van der Waals surface area contributed by atoms with Gasteiger partial charge < -0.3 is 4.74 Å². The molecule has 4 nitrogen and oxygen atoms in total. The third-order valence-corrected chi connectivity index (χ3v) is 9.90. The molecule has 10 rings (SSSR count). The van der Waals surface area contributed by atoms with Crippen LogP contribution in [0, 0.1) is 0 Å². The van der Waals surface area contributed by atoms with Crippen molar-refractivity contribution in [2.75, 3.05) is 0 Å². The third-order valence-electron chi connectivity index (χ3n) is 9.90. The van der Waals surface area contributed by atoms with Gasteiger partial charge in [0.05, 0.1) is 5.92 Å². The van der Waals surface area contributed by atoms with Gasteiger partial charge >= 0.3 is 0 Å². The number of hydrogen-bond acceptors (Lipinski definition) is 4. The van der Waals surface area contributed by atoms with Crippen LogP contribution < -0.4 is 4.74 Å². The number of allylic oxidation sites excluding steroid dienone is 2. The number of nitrogens with zero attached hydrogens (tertiary/aromatic N) is 3. The second-order valence-electron chi connectivity index (χ2n) is 12.7. The maximum absolute atomic E-state index is 6.37. The fourth-order valence-corrected chi connectivity index (χ4v) is 7.61. The molecule has 2 aliphatic rings. The molecule has 0 N–H and O–H groups in total. The van der Waals surface area contributed by atoms with Crippen molar-refractivity contribution < 1.29 is 4.74 Å². The Morgan fingerprint density at radius 3 is 2.04 bits per heavy atom. The molecule has 0 saturated heterocycles. The van der Waals surface area contributed by atoms with E-state index in [0.717, 1.165) is 38.6 Å². The van der Waals surface area contributed by atoms with Crippen LogP contribution in [0.5, 0.6) is 5.75 Å². The van der Waals surface area contributed by atoms with Gasteiger partial charge in [-0.2, -0.15) is 0 Å². The molecule has 8 aromatic rings. The van der Waals surface area contributed by atoms with Gasteiger partial charge in [0.1, 0.15) is 11.9 Å². The maximum atomic E-state index is 6.37. The lowest BCUT2D eigenvalue weighted by atomic mass is 9.80. The van der Waals surface area contributed by atoms with Crippen LogP contribution in [-0.2, 0) is 0 Å². The van der Waals surface area contributed by atoms with E-state index in [0.29, 0.717) is 17.5 Å². The van der Waals surface area contributed by atoms with E-state index >= 15 is 0 Å². The van der Waals surface area contributed by atoms with Gasteiger partial charge in [0.15, 0.2) is 17.5 Å². The summed E-state index contributed by atoms with van der Waals surface area (Å²) in [5.74, 6) is 3.04. The molecular formula is C45H29N3O. The lowest BCUT2D eigenvalue weighted by molar-refractivity contribution is 0.271. The maximum Gasteiger partial charge on any atom is 0.164 e. The van der Waals surface area contributed by atoms with Crippen molar-refractivity contribution in [3.05, 3.63) is 175 Å². The first-order valence-corrected chi connectivity index (χ1v) is 16.7. The van der Waals surface area contributed by atoms with Crippen LogP contribution in [0.4, 0.5) is 0 Å². The SMILES string of the molecule is C1=CC2Oc3ccccc3C2C(c2cccc3c(-c4nc(-c5ccccc5)nc(-c5ccc6c(ccc7ccccc76)c5)n4)cccc23)=C1. The molecule has 0 amide bonds. The van der Waals surface area contributed by atoms with E-state index in [4.69, 9.17) is 19.7 Å². The van der Waals surface area contributed by atoms with Gasteiger partial charge in [-0.05, 0) is 61.7 Å². The molecule has 230 valence electrons. The second kappa shape index (κ2) is 11.1. The first kappa shape index (κ1) is 27.7.